The summed E-state index contributed by atoms with van der Waals surface area (Å²) in [4.78, 5) is 14.5. The van der Waals surface area contributed by atoms with Crippen molar-refractivity contribution in [2.75, 3.05) is 12.3 Å². The Morgan fingerprint density at radius 1 is 1.37 bits per heavy atom. The van der Waals surface area contributed by atoms with Gasteiger partial charge in [0.25, 0.3) is 5.91 Å². The second-order valence-electron chi connectivity index (χ2n) is 4.89. The number of carbonyl (C=O) groups is 1. The normalized spacial score (nSPS) is 15.7. The minimum atomic E-state index is -0.0142. The van der Waals surface area contributed by atoms with Crippen LogP contribution in [0.5, 0.6) is 0 Å². The maximum atomic E-state index is 12.5. The molecule has 19 heavy (non-hydrogen) atoms. The Labute approximate surface area is 123 Å². The van der Waals surface area contributed by atoms with Crippen LogP contribution in [0.2, 0.25) is 10.0 Å². The highest BCUT2D eigenvalue weighted by Gasteiger charge is 2.26. The van der Waals surface area contributed by atoms with Crippen LogP contribution in [-0.4, -0.2) is 23.4 Å². The van der Waals surface area contributed by atoms with E-state index in [-0.39, 0.29) is 5.91 Å². The lowest BCUT2D eigenvalue weighted by Gasteiger charge is -2.28. The van der Waals surface area contributed by atoms with Crippen molar-refractivity contribution >= 4 is 34.8 Å². The maximum Gasteiger partial charge on any atom is 0.254 e. The van der Waals surface area contributed by atoms with Crippen LogP contribution in [0.25, 0.3) is 0 Å². The largest absolute Gasteiger partial charge is 0.397 e. The average molecular weight is 301 g/mol. The maximum absolute atomic E-state index is 12.5. The van der Waals surface area contributed by atoms with E-state index in [1.807, 2.05) is 11.8 Å². The van der Waals surface area contributed by atoms with E-state index in [2.05, 4.69) is 0 Å². The number of anilines is 1. The molecular weight excluding hydrogens is 283 g/mol. The first-order valence-corrected chi connectivity index (χ1v) is 7.35. The SMILES string of the molecule is CCN(C(=O)c1cc(N)c(Cl)c(Cl)c1)C1CCCC1. The molecule has 1 aromatic rings. The summed E-state index contributed by atoms with van der Waals surface area (Å²) in [6.07, 6.45) is 4.54. The summed E-state index contributed by atoms with van der Waals surface area (Å²) in [5.41, 5.74) is 6.63. The van der Waals surface area contributed by atoms with Crippen molar-refractivity contribution < 1.29 is 4.79 Å². The van der Waals surface area contributed by atoms with Gasteiger partial charge in [-0.1, -0.05) is 36.0 Å². The first kappa shape index (κ1) is 14.5. The summed E-state index contributed by atoms with van der Waals surface area (Å²) in [6, 6.07) is 3.54. The van der Waals surface area contributed by atoms with E-state index in [9.17, 15) is 4.79 Å². The fourth-order valence-electron chi connectivity index (χ4n) is 2.68. The number of nitrogen functional groups attached to an aromatic ring is 1. The van der Waals surface area contributed by atoms with Gasteiger partial charge < -0.3 is 10.6 Å². The van der Waals surface area contributed by atoms with Crippen molar-refractivity contribution in [3.05, 3.63) is 27.7 Å². The number of carbonyl (C=O) groups excluding carboxylic acids is 1. The molecule has 2 N–H and O–H groups in total. The van der Waals surface area contributed by atoms with Crippen molar-refractivity contribution in [3.8, 4) is 0 Å². The van der Waals surface area contributed by atoms with E-state index in [0.29, 0.717) is 33.9 Å². The second kappa shape index (κ2) is 6.02. The molecule has 2 rings (SSSR count). The predicted molar refractivity (Wildman–Crippen MR) is 79.8 cm³/mol. The summed E-state index contributed by atoms with van der Waals surface area (Å²) in [5, 5.41) is 0.634. The van der Waals surface area contributed by atoms with Crippen molar-refractivity contribution in [1.29, 1.82) is 0 Å². The number of rotatable bonds is 3. The van der Waals surface area contributed by atoms with Crippen molar-refractivity contribution in [3.63, 3.8) is 0 Å². The van der Waals surface area contributed by atoms with Gasteiger partial charge in [-0.2, -0.15) is 0 Å². The minimum absolute atomic E-state index is 0.0142. The molecule has 1 aliphatic rings. The van der Waals surface area contributed by atoms with Crippen LogP contribution in [0.15, 0.2) is 12.1 Å². The number of hydrogen-bond donors (Lipinski definition) is 1. The van der Waals surface area contributed by atoms with Gasteiger partial charge in [0.2, 0.25) is 0 Å². The van der Waals surface area contributed by atoms with Gasteiger partial charge in [0.05, 0.1) is 15.7 Å². The zero-order valence-corrected chi connectivity index (χ0v) is 12.5. The molecule has 3 nitrogen and oxygen atoms in total. The van der Waals surface area contributed by atoms with Crippen LogP contribution in [0.4, 0.5) is 5.69 Å². The van der Waals surface area contributed by atoms with Gasteiger partial charge in [-0.05, 0) is 31.9 Å². The molecule has 0 radical (unpaired) electrons. The van der Waals surface area contributed by atoms with Gasteiger partial charge in [0.15, 0.2) is 0 Å². The Kier molecular flexibility index (Phi) is 4.58. The third-order valence-corrected chi connectivity index (χ3v) is 4.49. The van der Waals surface area contributed by atoms with Gasteiger partial charge in [0.1, 0.15) is 0 Å². The van der Waals surface area contributed by atoms with Crippen LogP contribution in [0.3, 0.4) is 0 Å². The highest BCUT2D eigenvalue weighted by atomic mass is 35.5. The molecule has 1 aliphatic carbocycles. The molecule has 0 saturated heterocycles. The molecule has 0 spiro atoms. The lowest BCUT2D eigenvalue weighted by atomic mass is 10.1. The molecule has 104 valence electrons. The summed E-state index contributed by atoms with van der Waals surface area (Å²) >= 11 is 11.9. The lowest BCUT2D eigenvalue weighted by molar-refractivity contribution is 0.0693. The highest BCUT2D eigenvalue weighted by molar-refractivity contribution is 6.43. The summed E-state index contributed by atoms with van der Waals surface area (Å²) in [6.45, 7) is 2.70. The Morgan fingerprint density at radius 2 is 2.00 bits per heavy atom. The van der Waals surface area contributed by atoms with Crippen LogP contribution in [-0.2, 0) is 0 Å². The van der Waals surface area contributed by atoms with E-state index in [1.54, 1.807) is 12.1 Å². The van der Waals surface area contributed by atoms with Gasteiger partial charge in [-0.25, -0.2) is 0 Å². The molecule has 0 atom stereocenters. The average Bonchev–Trinajstić information content (AvgIpc) is 2.90. The van der Waals surface area contributed by atoms with Gasteiger partial charge in [-0.15, -0.1) is 0 Å². The smallest absolute Gasteiger partial charge is 0.254 e. The first-order valence-electron chi connectivity index (χ1n) is 6.60. The molecule has 5 heteroatoms. The Hall–Kier alpha value is -0.930. The Bertz CT molecular complexity index is 461. The topological polar surface area (TPSA) is 46.3 Å². The molecule has 1 aromatic carbocycles. The van der Waals surface area contributed by atoms with E-state index < -0.39 is 0 Å². The Morgan fingerprint density at radius 3 is 2.53 bits per heavy atom. The van der Waals surface area contributed by atoms with Crippen LogP contribution in [0.1, 0.15) is 43.0 Å². The number of hydrogen-bond acceptors (Lipinski definition) is 2. The zero-order valence-electron chi connectivity index (χ0n) is 11.0. The zero-order chi connectivity index (χ0) is 14.0. The molecule has 1 amide bonds. The van der Waals surface area contributed by atoms with Gasteiger partial charge >= 0.3 is 0 Å². The molecule has 0 aromatic heterocycles. The molecule has 0 heterocycles. The summed E-state index contributed by atoms with van der Waals surface area (Å²) in [5.74, 6) is -0.0142. The van der Waals surface area contributed by atoms with Crippen LogP contribution >= 0.6 is 23.2 Å². The summed E-state index contributed by atoms with van der Waals surface area (Å²) < 4.78 is 0. The van der Waals surface area contributed by atoms with E-state index in [0.717, 1.165) is 12.8 Å². The second-order valence-corrected chi connectivity index (χ2v) is 5.68. The monoisotopic (exact) mass is 300 g/mol. The standard InChI is InChI=1S/C14H18Cl2N2O/c1-2-18(10-5-3-4-6-10)14(19)9-7-11(15)13(16)12(17)8-9/h7-8,10H,2-6,17H2,1H3. The van der Waals surface area contributed by atoms with Crippen molar-refractivity contribution in [2.24, 2.45) is 0 Å². The third-order valence-electron chi connectivity index (χ3n) is 3.67. The molecule has 1 saturated carbocycles. The molecular formula is C14H18Cl2N2O. The third kappa shape index (κ3) is 2.98. The number of benzene rings is 1. The number of nitrogens with two attached hydrogens (primary N) is 1. The van der Waals surface area contributed by atoms with E-state index in [1.165, 1.54) is 12.8 Å². The van der Waals surface area contributed by atoms with Crippen molar-refractivity contribution in [1.82, 2.24) is 4.90 Å². The molecule has 0 unspecified atom stereocenters. The van der Waals surface area contributed by atoms with E-state index in [4.69, 9.17) is 28.9 Å². The predicted octanol–water partition coefficient (Wildman–Crippen LogP) is 3.98. The van der Waals surface area contributed by atoms with Gasteiger partial charge in [0, 0.05) is 18.2 Å². The quantitative estimate of drug-likeness (QED) is 0.858. The molecule has 0 bridgehead atoms. The molecule has 1 fully saturated rings. The number of halogens is 2. The van der Waals surface area contributed by atoms with E-state index >= 15 is 0 Å². The first-order chi connectivity index (χ1) is 9.04. The number of nitrogens with zero attached hydrogens (tertiary/aromatic N) is 1. The number of amides is 1. The summed E-state index contributed by atoms with van der Waals surface area (Å²) in [7, 11) is 0. The Balaban J connectivity index is 2.26. The highest BCUT2D eigenvalue weighted by Crippen LogP contribution is 2.31. The minimum Gasteiger partial charge on any atom is -0.397 e. The fourth-order valence-corrected chi connectivity index (χ4v) is 3.02. The van der Waals surface area contributed by atoms with Crippen molar-refractivity contribution in [2.45, 2.75) is 38.6 Å². The molecule has 0 aliphatic heterocycles. The van der Waals surface area contributed by atoms with Crippen LogP contribution < -0.4 is 5.73 Å². The van der Waals surface area contributed by atoms with Gasteiger partial charge in [-0.3, -0.25) is 4.79 Å². The van der Waals surface area contributed by atoms with Crippen LogP contribution in [0, 0.1) is 0 Å². The lowest BCUT2D eigenvalue weighted by Crippen LogP contribution is -2.38. The fraction of sp³-hybridized carbons (Fsp3) is 0.500.